The molecule has 0 amide bonds. The second-order valence-electron chi connectivity index (χ2n) is 6.76. The van der Waals surface area contributed by atoms with Crippen LogP contribution in [0.1, 0.15) is 11.3 Å². The van der Waals surface area contributed by atoms with E-state index in [1.165, 1.54) is 29.9 Å². The van der Waals surface area contributed by atoms with Crippen LogP contribution in [0, 0.1) is 13.8 Å². The van der Waals surface area contributed by atoms with Crippen LogP contribution in [-0.2, 0) is 16.6 Å². The molecule has 0 aliphatic heterocycles. The summed E-state index contributed by atoms with van der Waals surface area (Å²) in [5, 5.41) is 0. The van der Waals surface area contributed by atoms with Crippen molar-refractivity contribution >= 4 is 10.0 Å². The maximum atomic E-state index is 12.6. The zero-order valence-electron chi connectivity index (χ0n) is 17.1. The van der Waals surface area contributed by atoms with Gasteiger partial charge in [0.1, 0.15) is 17.2 Å². The molecule has 1 N–H and O–H groups in total. The predicted molar refractivity (Wildman–Crippen MR) is 115 cm³/mol. The molecule has 3 rings (SSSR count). The number of nitrogens with one attached hydrogen (secondary N) is 1. The fourth-order valence-corrected chi connectivity index (χ4v) is 3.98. The Balaban J connectivity index is 1.65. The molecule has 0 aliphatic rings. The van der Waals surface area contributed by atoms with Crippen molar-refractivity contribution in [3.05, 3.63) is 82.3 Å². The standard InChI is InChI=1S/C22H24N2O5S/c1-16-6-4-5-7-21(16)29-18-8-10-20(11-9-18)30(26,27)23-12-13-24-17(2)14-19(28-3)15-22(24)25/h4-11,14-15,23H,12-13H2,1-3H3. The number of pyridine rings is 1. The van der Waals surface area contributed by atoms with E-state index in [2.05, 4.69) is 4.72 Å². The summed E-state index contributed by atoms with van der Waals surface area (Å²) in [5.41, 5.74) is 1.43. The number of hydrogen-bond donors (Lipinski definition) is 1. The summed E-state index contributed by atoms with van der Waals surface area (Å²) in [5.74, 6) is 1.73. The Labute approximate surface area is 175 Å². The molecule has 7 nitrogen and oxygen atoms in total. The zero-order chi connectivity index (χ0) is 21.7. The fraction of sp³-hybridized carbons (Fsp3) is 0.227. The topological polar surface area (TPSA) is 86.6 Å². The van der Waals surface area contributed by atoms with Crippen LogP contribution in [0.4, 0.5) is 0 Å². The number of para-hydroxylation sites is 1. The third kappa shape index (κ3) is 5.08. The number of nitrogens with zero attached hydrogens (tertiary/aromatic N) is 1. The van der Waals surface area contributed by atoms with Gasteiger partial charge >= 0.3 is 0 Å². The van der Waals surface area contributed by atoms with E-state index in [-0.39, 0.29) is 23.5 Å². The lowest BCUT2D eigenvalue weighted by molar-refractivity contribution is 0.411. The Morgan fingerprint density at radius 3 is 2.30 bits per heavy atom. The highest BCUT2D eigenvalue weighted by molar-refractivity contribution is 7.89. The first-order valence-corrected chi connectivity index (χ1v) is 10.9. The van der Waals surface area contributed by atoms with Crippen LogP contribution in [0.5, 0.6) is 17.2 Å². The lowest BCUT2D eigenvalue weighted by Gasteiger charge is -2.13. The van der Waals surface area contributed by atoms with Crippen LogP contribution in [0.3, 0.4) is 0 Å². The molecule has 1 heterocycles. The number of sulfonamides is 1. The summed E-state index contributed by atoms with van der Waals surface area (Å²) in [6.07, 6.45) is 0. The van der Waals surface area contributed by atoms with Gasteiger partial charge < -0.3 is 14.0 Å². The maximum absolute atomic E-state index is 12.6. The Morgan fingerprint density at radius 1 is 0.967 bits per heavy atom. The van der Waals surface area contributed by atoms with Crippen molar-refractivity contribution in [2.75, 3.05) is 13.7 Å². The molecule has 30 heavy (non-hydrogen) atoms. The lowest BCUT2D eigenvalue weighted by atomic mass is 10.2. The molecule has 0 bridgehead atoms. The summed E-state index contributed by atoms with van der Waals surface area (Å²) >= 11 is 0. The SMILES string of the molecule is COc1cc(C)n(CCNS(=O)(=O)c2ccc(Oc3ccccc3C)cc2)c(=O)c1. The van der Waals surface area contributed by atoms with Gasteiger partial charge in [0.15, 0.2) is 0 Å². The Morgan fingerprint density at radius 2 is 1.67 bits per heavy atom. The average Bonchev–Trinajstić information content (AvgIpc) is 2.72. The van der Waals surface area contributed by atoms with Gasteiger partial charge in [-0.15, -0.1) is 0 Å². The van der Waals surface area contributed by atoms with E-state index in [0.717, 1.165) is 5.56 Å². The van der Waals surface area contributed by atoms with Gasteiger partial charge in [0.25, 0.3) is 5.56 Å². The van der Waals surface area contributed by atoms with E-state index in [1.54, 1.807) is 25.1 Å². The minimum atomic E-state index is -3.71. The van der Waals surface area contributed by atoms with E-state index in [0.29, 0.717) is 22.9 Å². The molecule has 2 aromatic carbocycles. The first-order chi connectivity index (χ1) is 14.3. The number of aromatic nitrogens is 1. The number of methoxy groups -OCH3 is 1. The average molecular weight is 429 g/mol. The van der Waals surface area contributed by atoms with Gasteiger partial charge in [0.2, 0.25) is 10.0 Å². The van der Waals surface area contributed by atoms with Crippen molar-refractivity contribution < 1.29 is 17.9 Å². The Kier molecular flexibility index (Phi) is 6.59. The minimum absolute atomic E-state index is 0.0802. The summed E-state index contributed by atoms with van der Waals surface area (Å²) in [4.78, 5) is 12.3. The summed E-state index contributed by atoms with van der Waals surface area (Å²) in [7, 11) is -2.22. The molecule has 0 fully saturated rings. The maximum Gasteiger partial charge on any atom is 0.254 e. The van der Waals surface area contributed by atoms with Gasteiger partial charge in [0, 0.05) is 24.8 Å². The van der Waals surface area contributed by atoms with Crippen LogP contribution in [-0.4, -0.2) is 26.6 Å². The number of rotatable bonds is 8. The highest BCUT2D eigenvalue weighted by Gasteiger charge is 2.14. The fourth-order valence-electron chi connectivity index (χ4n) is 2.96. The highest BCUT2D eigenvalue weighted by Crippen LogP contribution is 2.25. The molecular weight excluding hydrogens is 404 g/mol. The van der Waals surface area contributed by atoms with Gasteiger partial charge in [0.05, 0.1) is 12.0 Å². The van der Waals surface area contributed by atoms with Gasteiger partial charge in [-0.3, -0.25) is 4.79 Å². The van der Waals surface area contributed by atoms with Gasteiger partial charge in [-0.1, -0.05) is 18.2 Å². The van der Waals surface area contributed by atoms with Crippen LogP contribution < -0.4 is 19.8 Å². The number of ether oxygens (including phenoxy) is 2. The van der Waals surface area contributed by atoms with Crippen molar-refractivity contribution in [3.63, 3.8) is 0 Å². The monoisotopic (exact) mass is 428 g/mol. The van der Waals surface area contributed by atoms with E-state index < -0.39 is 10.0 Å². The summed E-state index contributed by atoms with van der Waals surface area (Å²) in [6, 6.07) is 16.9. The van der Waals surface area contributed by atoms with Gasteiger partial charge in [-0.2, -0.15) is 0 Å². The third-order valence-electron chi connectivity index (χ3n) is 4.63. The van der Waals surface area contributed by atoms with E-state index >= 15 is 0 Å². The number of aryl methyl sites for hydroxylation is 2. The second kappa shape index (κ2) is 9.15. The molecule has 0 atom stereocenters. The van der Waals surface area contributed by atoms with Crippen LogP contribution in [0.2, 0.25) is 0 Å². The highest BCUT2D eigenvalue weighted by atomic mass is 32.2. The van der Waals surface area contributed by atoms with Crippen LogP contribution in [0.15, 0.2) is 70.4 Å². The molecule has 158 valence electrons. The van der Waals surface area contributed by atoms with Crippen molar-refractivity contribution in [3.8, 4) is 17.2 Å². The molecule has 0 radical (unpaired) electrons. The first-order valence-electron chi connectivity index (χ1n) is 9.39. The Hall–Kier alpha value is -3.10. The summed E-state index contributed by atoms with van der Waals surface area (Å²) in [6.45, 7) is 4.00. The predicted octanol–water partition coefficient (Wildman–Crippen LogP) is 3.24. The molecule has 0 saturated carbocycles. The molecular formula is C22H24N2O5S. The molecule has 1 aromatic heterocycles. The number of hydrogen-bond acceptors (Lipinski definition) is 5. The molecule has 0 saturated heterocycles. The third-order valence-corrected chi connectivity index (χ3v) is 6.10. The molecule has 0 spiro atoms. The van der Waals surface area contributed by atoms with Gasteiger partial charge in [-0.05, 0) is 55.8 Å². The van der Waals surface area contributed by atoms with Crippen LogP contribution in [0.25, 0.3) is 0 Å². The lowest BCUT2D eigenvalue weighted by Crippen LogP contribution is -2.31. The van der Waals surface area contributed by atoms with Gasteiger partial charge in [-0.25, -0.2) is 13.1 Å². The van der Waals surface area contributed by atoms with Crippen LogP contribution >= 0.6 is 0 Å². The van der Waals surface area contributed by atoms with Crippen molar-refractivity contribution in [2.45, 2.75) is 25.3 Å². The minimum Gasteiger partial charge on any atom is -0.496 e. The van der Waals surface area contributed by atoms with E-state index in [4.69, 9.17) is 9.47 Å². The van der Waals surface area contributed by atoms with E-state index in [1.807, 2.05) is 31.2 Å². The smallest absolute Gasteiger partial charge is 0.254 e. The van der Waals surface area contributed by atoms with Crippen molar-refractivity contribution in [2.24, 2.45) is 0 Å². The quantitative estimate of drug-likeness (QED) is 0.595. The van der Waals surface area contributed by atoms with Crippen molar-refractivity contribution in [1.82, 2.24) is 9.29 Å². The zero-order valence-corrected chi connectivity index (χ0v) is 17.9. The molecule has 0 aliphatic carbocycles. The van der Waals surface area contributed by atoms with Crippen molar-refractivity contribution in [1.29, 1.82) is 0 Å². The second-order valence-corrected chi connectivity index (χ2v) is 8.53. The molecule has 3 aromatic rings. The molecule has 0 unspecified atom stereocenters. The largest absolute Gasteiger partial charge is 0.496 e. The Bertz CT molecular complexity index is 1180. The first kappa shape index (κ1) is 21.6. The number of benzene rings is 2. The summed E-state index contributed by atoms with van der Waals surface area (Å²) < 4.78 is 40.0. The normalized spacial score (nSPS) is 11.3. The molecule has 8 heteroatoms. The van der Waals surface area contributed by atoms with E-state index in [9.17, 15) is 13.2 Å².